The molecule has 0 spiro atoms. The molecule has 1 aromatic carbocycles. The topological polar surface area (TPSA) is 81.2 Å². The van der Waals surface area contributed by atoms with Crippen molar-refractivity contribution < 1.29 is 23.2 Å². The third kappa shape index (κ3) is 3.71. The van der Waals surface area contributed by atoms with Gasteiger partial charge in [0.05, 0.1) is 12.0 Å². The smallest absolute Gasteiger partial charge is 0.267 e. The molecule has 1 amide bonds. The number of amides is 1. The molecule has 2 aliphatic heterocycles. The second-order valence-electron chi connectivity index (χ2n) is 7.13. The number of carbonyl (C=O) groups excluding carboxylic acids is 1. The van der Waals surface area contributed by atoms with Gasteiger partial charge in [-0.15, -0.1) is 0 Å². The molecule has 0 unspecified atom stereocenters. The van der Waals surface area contributed by atoms with E-state index in [1.807, 2.05) is 47.4 Å². The largest absolute Gasteiger partial charge is 0.485 e. The zero-order valence-corrected chi connectivity index (χ0v) is 15.8. The SMILES string of the molecule is O=C([C@H]1COc2ccccc2O1)N1CCN(Cc2cc(-c3ccco3)on2)CC1. The molecule has 4 heterocycles. The number of piperazine rings is 1. The predicted octanol–water partition coefficient (Wildman–Crippen LogP) is 2.42. The van der Waals surface area contributed by atoms with Crippen LogP contribution in [0.15, 0.2) is 57.7 Å². The van der Waals surface area contributed by atoms with Crippen LogP contribution in [0.5, 0.6) is 11.5 Å². The molecule has 1 saturated heterocycles. The van der Waals surface area contributed by atoms with Gasteiger partial charge < -0.3 is 23.3 Å². The van der Waals surface area contributed by atoms with Crippen molar-refractivity contribution in [3.05, 3.63) is 54.4 Å². The van der Waals surface area contributed by atoms with Crippen LogP contribution in [-0.2, 0) is 11.3 Å². The second kappa shape index (κ2) is 7.63. The highest BCUT2D eigenvalue weighted by Gasteiger charge is 2.32. The highest BCUT2D eigenvalue weighted by molar-refractivity contribution is 5.82. The average Bonchev–Trinajstić information content (AvgIpc) is 3.45. The molecule has 1 fully saturated rings. The highest BCUT2D eigenvalue weighted by Crippen LogP contribution is 2.31. The molecule has 2 aromatic heterocycles. The van der Waals surface area contributed by atoms with Crippen molar-refractivity contribution in [1.29, 1.82) is 0 Å². The fourth-order valence-corrected chi connectivity index (χ4v) is 3.62. The number of carbonyl (C=O) groups is 1. The summed E-state index contributed by atoms with van der Waals surface area (Å²) in [6.45, 7) is 3.72. The van der Waals surface area contributed by atoms with E-state index < -0.39 is 6.10 Å². The van der Waals surface area contributed by atoms with Crippen LogP contribution in [0.2, 0.25) is 0 Å². The number of hydrogen-bond acceptors (Lipinski definition) is 7. The molecule has 0 bridgehead atoms. The van der Waals surface area contributed by atoms with Gasteiger partial charge in [-0.25, -0.2) is 0 Å². The fourth-order valence-electron chi connectivity index (χ4n) is 3.62. The Morgan fingerprint density at radius 1 is 1.03 bits per heavy atom. The average molecular weight is 395 g/mol. The van der Waals surface area contributed by atoms with Gasteiger partial charge >= 0.3 is 0 Å². The van der Waals surface area contributed by atoms with Crippen molar-refractivity contribution in [2.24, 2.45) is 0 Å². The zero-order chi connectivity index (χ0) is 19.6. The first-order valence-electron chi connectivity index (χ1n) is 9.65. The van der Waals surface area contributed by atoms with E-state index in [-0.39, 0.29) is 12.5 Å². The lowest BCUT2D eigenvalue weighted by molar-refractivity contribution is -0.143. The number of furan rings is 1. The Hall–Kier alpha value is -3.26. The van der Waals surface area contributed by atoms with Crippen LogP contribution in [0, 0.1) is 0 Å². The molecule has 8 heteroatoms. The summed E-state index contributed by atoms with van der Waals surface area (Å²) < 4.78 is 22.2. The lowest BCUT2D eigenvalue weighted by Gasteiger charge is -2.36. The minimum atomic E-state index is -0.595. The Morgan fingerprint density at radius 2 is 1.86 bits per heavy atom. The van der Waals surface area contributed by atoms with Gasteiger partial charge in [-0.3, -0.25) is 9.69 Å². The second-order valence-corrected chi connectivity index (χ2v) is 7.13. The standard InChI is InChI=1S/C21H21N3O5/c25-21(20-14-27-16-4-1-2-5-18(16)28-20)24-9-7-23(8-10-24)13-15-12-19(29-22-15)17-6-3-11-26-17/h1-6,11-12,20H,7-10,13-14H2/t20-/m1/s1. The van der Waals surface area contributed by atoms with Crippen molar-refractivity contribution in [3.8, 4) is 23.0 Å². The number of nitrogens with zero attached hydrogens (tertiary/aromatic N) is 3. The summed E-state index contributed by atoms with van der Waals surface area (Å²) in [6.07, 6.45) is 1.01. The van der Waals surface area contributed by atoms with Crippen molar-refractivity contribution in [3.63, 3.8) is 0 Å². The van der Waals surface area contributed by atoms with Gasteiger partial charge in [0.1, 0.15) is 6.61 Å². The van der Waals surface area contributed by atoms with Gasteiger partial charge in [0, 0.05) is 38.8 Å². The van der Waals surface area contributed by atoms with Crippen molar-refractivity contribution >= 4 is 5.91 Å². The van der Waals surface area contributed by atoms with Crippen LogP contribution in [0.3, 0.4) is 0 Å². The first kappa shape index (κ1) is 17.8. The minimum absolute atomic E-state index is 0.0271. The maximum Gasteiger partial charge on any atom is 0.267 e. The minimum Gasteiger partial charge on any atom is -0.485 e. The van der Waals surface area contributed by atoms with Crippen LogP contribution < -0.4 is 9.47 Å². The van der Waals surface area contributed by atoms with E-state index in [0.717, 1.165) is 18.8 Å². The fraction of sp³-hybridized carbons (Fsp3) is 0.333. The normalized spacial score (nSPS) is 19.3. The zero-order valence-electron chi connectivity index (χ0n) is 15.8. The summed E-state index contributed by atoms with van der Waals surface area (Å²) in [7, 11) is 0. The lowest BCUT2D eigenvalue weighted by Crippen LogP contribution is -2.53. The van der Waals surface area contributed by atoms with Crippen molar-refractivity contribution in [1.82, 2.24) is 15.0 Å². The molecule has 29 heavy (non-hydrogen) atoms. The van der Waals surface area contributed by atoms with Crippen LogP contribution in [0.1, 0.15) is 5.69 Å². The molecular formula is C21H21N3O5. The first-order valence-corrected chi connectivity index (χ1v) is 9.65. The number of benzene rings is 1. The molecule has 1 atom stereocenters. The summed E-state index contributed by atoms with van der Waals surface area (Å²) in [5, 5.41) is 4.12. The molecule has 8 nitrogen and oxygen atoms in total. The molecule has 0 N–H and O–H groups in total. The molecule has 5 rings (SSSR count). The first-order chi connectivity index (χ1) is 14.3. The van der Waals surface area contributed by atoms with Gasteiger partial charge in [-0.05, 0) is 24.3 Å². The van der Waals surface area contributed by atoms with Gasteiger partial charge in [-0.2, -0.15) is 0 Å². The third-order valence-electron chi connectivity index (χ3n) is 5.18. The number of ether oxygens (including phenoxy) is 2. The predicted molar refractivity (Wildman–Crippen MR) is 102 cm³/mol. The van der Waals surface area contributed by atoms with Gasteiger partial charge in [0.25, 0.3) is 5.91 Å². The number of rotatable bonds is 4. The van der Waals surface area contributed by atoms with Gasteiger partial charge in [-0.1, -0.05) is 17.3 Å². The van der Waals surface area contributed by atoms with E-state index in [1.165, 1.54) is 0 Å². The molecular weight excluding hydrogens is 374 g/mol. The third-order valence-corrected chi connectivity index (χ3v) is 5.18. The van der Waals surface area contributed by atoms with Crippen LogP contribution in [0.25, 0.3) is 11.5 Å². The summed E-state index contributed by atoms with van der Waals surface area (Å²) >= 11 is 0. The molecule has 0 saturated carbocycles. The van der Waals surface area contributed by atoms with E-state index in [9.17, 15) is 4.79 Å². The Kier molecular flexibility index (Phi) is 4.69. The van der Waals surface area contributed by atoms with Gasteiger partial charge in [0.15, 0.2) is 17.3 Å². The number of fused-ring (bicyclic) bond motifs is 1. The van der Waals surface area contributed by atoms with Crippen LogP contribution in [0.4, 0.5) is 0 Å². The Balaban J connectivity index is 1.14. The van der Waals surface area contributed by atoms with Crippen molar-refractivity contribution in [2.45, 2.75) is 12.6 Å². The number of aromatic nitrogens is 1. The maximum atomic E-state index is 12.8. The molecule has 3 aromatic rings. The van der Waals surface area contributed by atoms with Gasteiger partial charge in [0.2, 0.25) is 11.9 Å². The Morgan fingerprint density at radius 3 is 2.66 bits per heavy atom. The quantitative estimate of drug-likeness (QED) is 0.671. The van der Waals surface area contributed by atoms with E-state index in [0.29, 0.717) is 42.7 Å². The van der Waals surface area contributed by atoms with E-state index in [4.69, 9.17) is 18.4 Å². The van der Waals surface area contributed by atoms with Crippen molar-refractivity contribution in [2.75, 3.05) is 32.8 Å². The number of para-hydroxylation sites is 2. The summed E-state index contributed by atoms with van der Waals surface area (Å²) in [5.74, 6) is 2.56. The van der Waals surface area contributed by atoms with E-state index >= 15 is 0 Å². The maximum absolute atomic E-state index is 12.8. The Labute approximate surface area is 167 Å². The molecule has 0 aliphatic carbocycles. The summed E-state index contributed by atoms with van der Waals surface area (Å²) in [4.78, 5) is 16.9. The molecule has 150 valence electrons. The number of hydrogen-bond donors (Lipinski definition) is 0. The molecule has 0 radical (unpaired) electrons. The lowest BCUT2D eigenvalue weighted by atomic mass is 10.2. The van der Waals surface area contributed by atoms with E-state index in [2.05, 4.69) is 10.1 Å². The molecule has 2 aliphatic rings. The van der Waals surface area contributed by atoms with E-state index in [1.54, 1.807) is 6.26 Å². The van der Waals surface area contributed by atoms with Crippen LogP contribution in [-0.4, -0.2) is 59.8 Å². The highest BCUT2D eigenvalue weighted by atomic mass is 16.6. The monoisotopic (exact) mass is 395 g/mol. The Bertz CT molecular complexity index is 976. The summed E-state index contributed by atoms with van der Waals surface area (Å²) in [6, 6.07) is 13.0. The van der Waals surface area contributed by atoms with Crippen LogP contribution >= 0.6 is 0 Å². The summed E-state index contributed by atoms with van der Waals surface area (Å²) in [5.41, 5.74) is 0.844.